The second kappa shape index (κ2) is 57.8. The molecule has 19 heteroatoms. The number of carbonyl (C=O) groups is 1. The lowest BCUT2D eigenvalue weighted by Gasteiger charge is -2.48. The minimum Gasteiger partial charge on any atom is -0.394 e. The number of hydrogen-bond acceptors (Lipinski definition) is 18. The largest absolute Gasteiger partial charge is 0.394 e. The van der Waals surface area contributed by atoms with E-state index in [-0.39, 0.29) is 18.9 Å². The fourth-order valence-electron chi connectivity index (χ4n) is 11.8. The van der Waals surface area contributed by atoms with E-state index in [9.17, 15) is 61.0 Å². The number of aliphatic hydroxyl groups is 11. The van der Waals surface area contributed by atoms with Gasteiger partial charge in [-0.3, -0.25) is 4.79 Å². The molecular formula is C78H131NO18. The summed E-state index contributed by atoms with van der Waals surface area (Å²) in [4.78, 5) is 13.4. The van der Waals surface area contributed by atoms with Gasteiger partial charge in [-0.2, -0.15) is 0 Å². The molecule has 3 fully saturated rings. The molecule has 0 aromatic carbocycles. The molecule has 19 nitrogen and oxygen atoms in total. The minimum atomic E-state index is -1.99. The molecule has 17 atom stereocenters. The van der Waals surface area contributed by atoms with Crippen molar-refractivity contribution in [1.29, 1.82) is 0 Å². The monoisotopic (exact) mass is 1370 g/mol. The van der Waals surface area contributed by atoms with Crippen molar-refractivity contribution >= 4 is 5.91 Å². The average molecular weight is 1370 g/mol. The van der Waals surface area contributed by atoms with Crippen molar-refractivity contribution in [3.8, 4) is 0 Å². The number of nitrogens with one attached hydrogen (secondary N) is 1. The summed E-state index contributed by atoms with van der Waals surface area (Å²) in [5.41, 5.74) is 0. The summed E-state index contributed by atoms with van der Waals surface area (Å²) in [6, 6.07) is -1.01. The second-order valence-electron chi connectivity index (χ2n) is 26.0. The van der Waals surface area contributed by atoms with Gasteiger partial charge in [-0.25, -0.2) is 0 Å². The van der Waals surface area contributed by atoms with Crippen molar-refractivity contribution in [2.45, 2.75) is 336 Å². The number of aliphatic hydroxyl groups excluding tert-OH is 11. The molecule has 0 saturated carbocycles. The molecule has 556 valence electrons. The molecule has 12 N–H and O–H groups in total. The molecule has 0 bridgehead atoms. The van der Waals surface area contributed by atoms with Crippen LogP contribution in [0.25, 0.3) is 0 Å². The number of carbonyl (C=O) groups excluding carboxylic acids is 1. The first kappa shape index (κ1) is 87.4. The smallest absolute Gasteiger partial charge is 0.220 e. The SMILES string of the molecule is CC/C=C\C/C=C\C/C=C\C/C=C\C/C=C\C/C=C\C/C=C\C/C=C\CCCCCCC(=O)NC(COC1OC(CO)C(OC2OC(CO)C(OC3OC(CO)C(O)C(O)C3O)C(O)C2O)C(O)C1O)C(O)/C=C/CC/C=C/CCCCCCCCCCCCCCCCCCC. The molecule has 97 heavy (non-hydrogen) atoms. The Morgan fingerprint density at radius 3 is 1.15 bits per heavy atom. The lowest BCUT2D eigenvalue weighted by Crippen LogP contribution is -2.66. The molecule has 3 saturated heterocycles. The van der Waals surface area contributed by atoms with E-state index in [1.165, 1.54) is 103 Å². The molecule has 17 unspecified atom stereocenters. The summed E-state index contributed by atoms with van der Waals surface area (Å²) in [6.07, 6.45) is 53.1. The number of unbranched alkanes of at least 4 members (excludes halogenated alkanes) is 22. The molecule has 0 aliphatic carbocycles. The summed E-state index contributed by atoms with van der Waals surface area (Å²) < 4.78 is 34.4. The molecule has 3 aliphatic heterocycles. The summed E-state index contributed by atoms with van der Waals surface area (Å²) in [5.74, 6) is -0.314. The van der Waals surface area contributed by atoms with Gasteiger partial charge in [0.15, 0.2) is 18.9 Å². The molecule has 0 spiro atoms. The Kier molecular flexibility index (Phi) is 52.1. The zero-order chi connectivity index (χ0) is 70.4. The highest BCUT2D eigenvalue weighted by atomic mass is 16.8. The van der Waals surface area contributed by atoms with Crippen LogP contribution in [0.5, 0.6) is 0 Å². The number of amides is 1. The van der Waals surface area contributed by atoms with Crippen LogP contribution in [-0.4, -0.2) is 193 Å². The first-order valence-corrected chi connectivity index (χ1v) is 37.3. The van der Waals surface area contributed by atoms with Crippen LogP contribution in [0, 0.1) is 0 Å². The van der Waals surface area contributed by atoms with E-state index in [1.54, 1.807) is 6.08 Å². The first-order valence-electron chi connectivity index (χ1n) is 37.3. The topological polar surface area (TPSA) is 307 Å². The average Bonchev–Trinajstić information content (AvgIpc) is 0.789. The van der Waals surface area contributed by atoms with Crippen LogP contribution < -0.4 is 5.32 Å². The van der Waals surface area contributed by atoms with Crippen LogP contribution in [0.2, 0.25) is 0 Å². The van der Waals surface area contributed by atoms with Crippen LogP contribution in [0.4, 0.5) is 0 Å². The van der Waals surface area contributed by atoms with Gasteiger partial charge in [0.25, 0.3) is 0 Å². The maximum atomic E-state index is 13.4. The van der Waals surface area contributed by atoms with Gasteiger partial charge in [-0.1, -0.05) is 251 Å². The fourth-order valence-corrected chi connectivity index (χ4v) is 11.8. The van der Waals surface area contributed by atoms with Gasteiger partial charge >= 0.3 is 0 Å². The molecule has 3 heterocycles. The van der Waals surface area contributed by atoms with Crippen molar-refractivity contribution in [1.82, 2.24) is 5.32 Å². The third-order valence-corrected chi connectivity index (χ3v) is 17.7. The molecular weight excluding hydrogens is 1240 g/mol. The molecule has 3 rings (SSSR count). The van der Waals surface area contributed by atoms with Crippen LogP contribution in [0.1, 0.15) is 232 Å². The van der Waals surface area contributed by atoms with Gasteiger partial charge < -0.3 is 89.9 Å². The zero-order valence-electron chi connectivity index (χ0n) is 59.0. The standard InChI is InChI=1S/C78H131NO18/c1-3-5-7-9-11-13-15-17-19-21-23-25-27-28-29-30-31-32-34-36-38-40-42-44-46-48-50-52-54-56-66(84)79-61(62(83)55-53-51-49-47-45-43-41-39-37-35-33-26-24-22-20-18-16-14-12-10-8-6-4-2)60-92-76-72(90)69(87)74(64(58-81)94-76)97-78-73(91)70(88)75(65(59-82)95-78)96-77-71(89)68(86)67(85)63(57-80)93-77/h5,7,11,13,17,19,23,25,28-29,31-32,36,38,42,44-45,47,53,55,61-65,67-78,80-83,85-91H,3-4,6,8-10,12,14-16,18,20-22,24,26-27,30,33-35,37,39-41,43,46,48-52,54,56-60H2,1-2H3,(H,79,84)/b7-5-,13-11-,19-17-,25-23-,29-28-,32-31-,38-36-,44-42-,47-45+,55-53+. The Labute approximate surface area is 582 Å². The number of hydrogen-bond donors (Lipinski definition) is 12. The van der Waals surface area contributed by atoms with Gasteiger partial charge in [-0.15, -0.1) is 0 Å². The van der Waals surface area contributed by atoms with Crippen LogP contribution >= 0.6 is 0 Å². The van der Waals surface area contributed by atoms with Crippen molar-refractivity contribution < 1.29 is 89.4 Å². The van der Waals surface area contributed by atoms with Crippen LogP contribution in [-0.2, 0) is 33.2 Å². The number of rotatable bonds is 56. The van der Waals surface area contributed by atoms with Gasteiger partial charge in [0.05, 0.1) is 38.6 Å². The normalized spacial score (nSPS) is 27.6. The van der Waals surface area contributed by atoms with E-state index in [0.717, 1.165) is 96.3 Å². The second-order valence-corrected chi connectivity index (χ2v) is 26.0. The van der Waals surface area contributed by atoms with E-state index >= 15 is 0 Å². The third-order valence-electron chi connectivity index (χ3n) is 17.7. The van der Waals surface area contributed by atoms with Gasteiger partial charge in [0, 0.05) is 6.42 Å². The summed E-state index contributed by atoms with van der Waals surface area (Å²) >= 11 is 0. The quantitative estimate of drug-likeness (QED) is 0.0199. The minimum absolute atomic E-state index is 0.197. The predicted octanol–water partition coefficient (Wildman–Crippen LogP) is 11.2. The molecule has 1 amide bonds. The lowest BCUT2D eigenvalue weighted by atomic mass is 9.96. The summed E-state index contributed by atoms with van der Waals surface area (Å²) in [6.45, 7) is 1.58. The molecule has 0 radical (unpaired) electrons. The van der Waals surface area contributed by atoms with Crippen LogP contribution in [0.3, 0.4) is 0 Å². The molecule has 3 aliphatic rings. The van der Waals surface area contributed by atoms with Crippen LogP contribution in [0.15, 0.2) is 122 Å². The maximum Gasteiger partial charge on any atom is 0.220 e. The van der Waals surface area contributed by atoms with Crippen molar-refractivity contribution in [3.05, 3.63) is 122 Å². The Morgan fingerprint density at radius 2 is 0.722 bits per heavy atom. The van der Waals surface area contributed by atoms with E-state index in [2.05, 4.69) is 129 Å². The number of allylic oxidation sites excluding steroid dienone is 19. The highest BCUT2D eigenvalue weighted by molar-refractivity contribution is 5.76. The Bertz CT molecular complexity index is 2230. The van der Waals surface area contributed by atoms with E-state index in [0.29, 0.717) is 12.8 Å². The van der Waals surface area contributed by atoms with E-state index in [4.69, 9.17) is 28.4 Å². The maximum absolute atomic E-state index is 13.4. The summed E-state index contributed by atoms with van der Waals surface area (Å²) in [7, 11) is 0. The predicted molar refractivity (Wildman–Crippen MR) is 383 cm³/mol. The van der Waals surface area contributed by atoms with Crippen molar-refractivity contribution in [2.75, 3.05) is 26.4 Å². The Morgan fingerprint density at radius 1 is 0.381 bits per heavy atom. The van der Waals surface area contributed by atoms with E-state index < -0.39 is 124 Å². The third kappa shape index (κ3) is 38.7. The van der Waals surface area contributed by atoms with Gasteiger partial charge in [0.1, 0.15) is 73.2 Å². The lowest BCUT2D eigenvalue weighted by molar-refractivity contribution is -0.379. The van der Waals surface area contributed by atoms with Gasteiger partial charge in [0.2, 0.25) is 5.91 Å². The highest BCUT2D eigenvalue weighted by Crippen LogP contribution is 2.33. The van der Waals surface area contributed by atoms with E-state index in [1.807, 2.05) is 6.08 Å². The highest BCUT2D eigenvalue weighted by Gasteiger charge is 2.53. The first-order chi connectivity index (χ1) is 47.3. The van der Waals surface area contributed by atoms with Crippen molar-refractivity contribution in [2.24, 2.45) is 0 Å². The number of ether oxygens (including phenoxy) is 6. The Hall–Kier alpha value is -3.81. The fraction of sp³-hybridized carbons (Fsp3) is 0.731. The summed E-state index contributed by atoms with van der Waals surface area (Å²) in [5, 5.41) is 121. The Balaban J connectivity index is 1.44. The molecule has 0 aromatic heterocycles. The molecule has 0 aromatic rings. The van der Waals surface area contributed by atoms with Gasteiger partial charge in [-0.05, 0) is 96.3 Å². The van der Waals surface area contributed by atoms with Crippen molar-refractivity contribution in [3.63, 3.8) is 0 Å². The zero-order valence-corrected chi connectivity index (χ0v) is 59.0.